The van der Waals surface area contributed by atoms with Gasteiger partial charge in [-0.05, 0) is 67.9 Å². The van der Waals surface area contributed by atoms with E-state index in [1.54, 1.807) is 6.08 Å². The fourth-order valence-corrected chi connectivity index (χ4v) is 3.51. The second kappa shape index (κ2) is 11.3. The van der Waals surface area contributed by atoms with Crippen LogP contribution in [0.4, 0.5) is 13.2 Å². The van der Waals surface area contributed by atoms with Crippen molar-refractivity contribution in [1.29, 1.82) is 0 Å². The summed E-state index contributed by atoms with van der Waals surface area (Å²) in [6, 6.07) is 4.76. The molecule has 2 rings (SSSR count). The number of hydrogen-bond acceptors (Lipinski definition) is 5. The highest BCUT2D eigenvalue weighted by Crippen LogP contribution is 2.35. The van der Waals surface area contributed by atoms with E-state index in [0.29, 0.717) is 24.7 Å². The van der Waals surface area contributed by atoms with Gasteiger partial charge in [-0.15, -0.1) is 5.73 Å². The molecule has 9 heteroatoms. The van der Waals surface area contributed by atoms with Crippen molar-refractivity contribution in [1.82, 2.24) is 0 Å². The lowest BCUT2D eigenvalue weighted by Crippen LogP contribution is -2.48. The second-order valence-electron chi connectivity index (χ2n) is 7.70. The van der Waals surface area contributed by atoms with Crippen LogP contribution in [0.3, 0.4) is 0 Å². The molecule has 32 heavy (non-hydrogen) atoms. The van der Waals surface area contributed by atoms with Crippen molar-refractivity contribution in [2.45, 2.75) is 50.2 Å². The van der Waals surface area contributed by atoms with Crippen molar-refractivity contribution in [2.75, 3.05) is 6.61 Å². The smallest absolute Gasteiger partial charge is 0.416 e. The monoisotopic (exact) mass is 456 g/mol. The Balaban J connectivity index is 1.79. The van der Waals surface area contributed by atoms with Crippen LogP contribution in [-0.2, 0) is 11.0 Å². The lowest BCUT2D eigenvalue weighted by molar-refractivity contribution is -0.227. The van der Waals surface area contributed by atoms with E-state index in [9.17, 15) is 33.3 Å². The molecule has 1 aromatic rings. The van der Waals surface area contributed by atoms with Crippen molar-refractivity contribution < 1.29 is 43.1 Å². The zero-order chi connectivity index (χ0) is 23.8. The van der Waals surface area contributed by atoms with Crippen LogP contribution in [0.25, 0.3) is 0 Å². The van der Waals surface area contributed by atoms with E-state index in [0.717, 1.165) is 37.5 Å². The van der Waals surface area contributed by atoms with E-state index < -0.39 is 29.6 Å². The first kappa shape index (κ1) is 25.7. The molecule has 0 aliphatic heterocycles. The maximum absolute atomic E-state index is 12.7. The summed E-state index contributed by atoms with van der Waals surface area (Å²) >= 11 is 0. The molecule has 1 unspecified atom stereocenters. The number of halogens is 3. The van der Waals surface area contributed by atoms with Crippen LogP contribution in [0.1, 0.15) is 37.7 Å². The minimum atomic E-state index is -4.41. The average molecular weight is 456 g/mol. The van der Waals surface area contributed by atoms with Gasteiger partial charge in [0.25, 0.3) is 5.79 Å². The summed E-state index contributed by atoms with van der Waals surface area (Å²) in [5, 5.41) is 36.6. The Morgan fingerprint density at radius 1 is 1.28 bits per heavy atom. The van der Waals surface area contributed by atoms with Crippen molar-refractivity contribution in [3.05, 3.63) is 59.9 Å². The lowest BCUT2D eigenvalue weighted by Gasteiger charge is -2.19. The number of allylic oxidation sites excluding steroid dienone is 1. The summed E-state index contributed by atoms with van der Waals surface area (Å²) in [6.45, 7) is 0.253. The Bertz CT molecular complexity index is 856. The van der Waals surface area contributed by atoms with Gasteiger partial charge in [-0.2, -0.15) is 13.2 Å². The highest BCUT2D eigenvalue weighted by Gasteiger charge is 2.40. The van der Waals surface area contributed by atoms with Gasteiger partial charge in [0.05, 0.1) is 12.2 Å². The van der Waals surface area contributed by atoms with Crippen LogP contribution in [0.2, 0.25) is 0 Å². The Labute approximate surface area is 184 Å². The molecule has 0 saturated heterocycles. The van der Waals surface area contributed by atoms with Crippen molar-refractivity contribution in [2.24, 2.45) is 11.8 Å². The number of ether oxygens (including phenoxy) is 1. The summed E-state index contributed by atoms with van der Waals surface area (Å²) in [5.74, 6) is -4.43. The van der Waals surface area contributed by atoms with Gasteiger partial charge in [0, 0.05) is 0 Å². The Kier molecular flexibility index (Phi) is 9.09. The normalized spacial score (nSPS) is 20.1. The zero-order valence-electron chi connectivity index (χ0n) is 17.3. The van der Waals surface area contributed by atoms with E-state index in [4.69, 9.17) is 9.84 Å². The predicted molar refractivity (Wildman–Crippen MR) is 110 cm³/mol. The fraction of sp³-hybridized carbons (Fsp3) is 0.478. The van der Waals surface area contributed by atoms with Crippen molar-refractivity contribution in [3.63, 3.8) is 0 Å². The number of aliphatic hydroxyl groups is 3. The molecule has 1 aromatic carbocycles. The SMILES string of the molecule is O=C(O)C(O)(O)C(O)C=C=CC[C@H]1CCC[C@@H]1/C=C/CCOc1cccc(C(F)(F)F)c1. The van der Waals surface area contributed by atoms with Crippen molar-refractivity contribution in [3.8, 4) is 5.75 Å². The number of aliphatic hydroxyl groups excluding tert-OH is 1. The Morgan fingerprint density at radius 2 is 2.03 bits per heavy atom. The highest BCUT2D eigenvalue weighted by molar-refractivity contribution is 5.76. The van der Waals surface area contributed by atoms with Crippen LogP contribution >= 0.6 is 0 Å². The summed E-state index contributed by atoms with van der Waals surface area (Å²) in [7, 11) is 0. The van der Waals surface area contributed by atoms with Gasteiger partial charge in [-0.1, -0.05) is 24.6 Å². The first-order chi connectivity index (χ1) is 15.0. The summed E-state index contributed by atoms with van der Waals surface area (Å²) in [5.41, 5.74) is 1.85. The molecule has 1 fully saturated rings. The van der Waals surface area contributed by atoms with Gasteiger partial charge >= 0.3 is 12.1 Å². The minimum Gasteiger partial charge on any atom is -0.493 e. The third-order valence-electron chi connectivity index (χ3n) is 5.34. The molecule has 0 heterocycles. The molecule has 0 radical (unpaired) electrons. The van der Waals surface area contributed by atoms with Crippen LogP contribution in [0, 0.1) is 11.8 Å². The van der Waals surface area contributed by atoms with Gasteiger partial charge in [-0.3, -0.25) is 0 Å². The molecule has 3 atom stereocenters. The molecule has 0 bridgehead atoms. The standard InChI is InChI=1S/C23H27F3O6/c24-23(25,26)18-11-6-12-19(15-18)32-14-4-3-8-17-10-5-9-16(17)7-1-2-13-20(27)22(30,31)21(28)29/h1,3,6,8,11-13,15-17,20,27,30-31H,4-5,7,9-10,14H2,(H,28,29)/b8-3+/t2?,16-,17-,20?/m0/s1. The topological polar surface area (TPSA) is 107 Å². The predicted octanol–water partition coefficient (Wildman–Crippen LogP) is 3.67. The average Bonchev–Trinajstić information content (AvgIpc) is 3.17. The zero-order valence-corrected chi connectivity index (χ0v) is 17.3. The second-order valence-corrected chi connectivity index (χ2v) is 7.70. The van der Waals surface area contributed by atoms with Gasteiger partial charge in [0.1, 0.15) is 11.9 Å². The number of carboxylic acids is 1. The third-order valence-corrected chi connectivity index (χ3v) is 5.34. The number of carboxylic acid groups (broad SMARTS) is 1. The van der Waals surface area contributed by atoms with Gasteiger partial charge in [-0.25, -0.2) is 4.79 Å². The third kappa shape index (κ3) is 7.53. The van der Waals surface area contributed by atoms with Gasteiger partial charge in [0.2, 0.25) is 0 Å². The molecule has 1 aliphatic carbocycles. The van der Waals surface area contributed by atoms with E-state index in [1.807, 2.05) is 6.08 Å². The summed E-state index contributed by atoms with van der Waals surface area (Å²) < 4.78 is 43.6. The van der Waals surface area contributed by atoms with Crippen LogP contribution in [0.5, 0.6) is 5.75 Å². The first-order valence-corrected chi connectivity index (χ1v) is 10.3. The Hall–Kier alpha value is -2.58. The van der Waals surface area contributed by atoms with Crippen LogP contribution in [-0.4, -0.2) is 44.9 Å². The van der Waals surface area contributed by atoms with E-state index >= 15 is 0 Å². The van der Waals surface area contributed by atoms with E-state index in [1.165, 1.54) is 12.1 Å². The molecular weight excluding hydrogens is 429 g/mol. The maximum Gasteiger partial charge on any atom is 0.416 e. The quantitative estimate of drug-likeness (QED) is 0.185. The summed E-state index contributed by atoms with van der Waals surface area (Å²) in [6.07, 6.45) is 4.28. The molecule has 0 amide bonds. The number of carbonyl (C=O) groups is 1. The van der Waals surface area contributed by atoms with E-state index in [-0.39, 0.29) is 12.4 Å². The largest absolute Gasteiger partial charge is 0.493 e. The maximum atomic E-state index is 12.7. The molecule has 1 aliphatic rings. The molecule has 4 N–H and O–H groups in total. The molecule has 0 spiro atoms. The number of hydrogen-bond donors (Lipinski definition) is 4. The van der Waals surface area contributed by atoms with Crippen LogP contribution < -0.4 is 4.74 Å². The number of alkyl halides is 3. The molecular formula is C23H27F3O6. The molecule has 6 nitrogen and oxygen atoms in total. The summed E-state index contributed by atoms with van der Waals surface area (Å²) in [4.78, 5) is 10.6. The fourth-order valence-electron chi connectivity index (χ4n) is 3.51. The van der Waals surface area contributed by atoms with Gasteiger partial charge < -0.3 is 25.2 Å². The van der Waals surface area contributed by atoms with E-state index in [2.05, 4.69) is 11.8 Å². The highest BCUT2D eigenvalue weighted by atomic mass is 19.4. The van der Waals surface area contributed by atoms with Crippen LogP contribution in [0.15, 0.2) is 54.3 Å². The van der Waals surface area contributed by atoms with Gasteiger partial charge in [0.15, 0.2) is 0 Å². The lowest BCUT2D eigenvalue weighted by atomic mass is 9.92. The minimum absolute atomic E-state index is 0.170. The molecule has 176 valence electrons. The number of rotatable bonds is 10. The molecule has 1 saturated carbocycles. The number of aliphatic carboxylic acids is 1. The Morgan fingerprint density at radius 3 is 2.72 bits per heavy atom. The van der Waals surface area contributed by atoms with Crippen molar-refractivity contribution >= 4 is 5.97 Å². The molecule has 0 aromatic heterocycles. The number of benzene rings is 1. The first-order valence-electron chi connectivity index (χ1n) is 10.3.